The maximum absolute atomic E-state index is 12.2. The lowest BCUT2D eigenvalue weighted by Gasteiger charge is -2.04. The Morgan fingerprint density at radius 1 is 1.25 bits per heavy atom. The first-order valence-electron chi connectivity index (χ1n) is 7.35. The van der Waals surface area contributed by atoms with Crippen molar-refractivity contribution >= 4 is 23.6 Å². The fourth-order valence-corrected chi connectivity index (χ4v) is 2.33. The molecule has 0 spiro atoms. The van der Waals surface area contributed by atoms with Crippen molar-refractivity contribution in [2.45, 2.75) is 19.8 Å². The standard InChI is InChI=1S/C16H15N5O3/c1-10(2)12-6-3-11(4-7-12)5-8-13-14(21(23)24)15(22)20-9-17-19-16(20)18-13/h3-10H,1-2H3,(H,18,19)/b8-5+. The highest BCUT2D eigenvalue weighted by Gasteiger charge is 2.22. The van der Waals surface area contributed by atoms with Crippen LogP contribution in [0.3, 0.4) is 0 Å². The number of hydrogen-bond acceptors (Lipinski definition) is 5. The first-order valence-corrected chi connectivity index (χ1v) is 7.35. The smallest absolute Gasteiger partial charge is 0.261 e. The highest BCUT2D eigenvalue weighted by molar-refractivity contribution is 5.72. The number of rotatable bonds is 4. The van der Waals surface area contributed by atoms with Crippen LogP contribution in [-0.4, -0.2) is 24.5 Å². The third-order valence-corrected chi connectivity index (χ3v) is 3.68. The molecule has 0 aliphatic heterocycles. The zero-order valence-electron chi connectivity index (χ0n) is 13.1. The number of fused-ring (bicyclic) bond motifs is 1. The molecular weight excluding hydrogens is 310 g/mol. The molecule has 8 nitrogen and oxygen atoms in total. The van der Waals surface area contributed by atoms with E-state index in [0.717, 1.165) is 16.3 Å². The Morgan fingerprint density at radius 3 is 2.58 bits per heavy atom. The van der Waals surface area contributed by atoms with Crippen LogP contribution in [-0.2, 0) is 0 Å². The number of nitrogens with one attached hydrogen (secondary N) is 1. The summed E-state index contributed by atoms with van der Waals surface area (Å²) in [5, 5.41) is 17.4. The van der Waals surface area contributed by atoms with E-state index in [1.165, 1.54) is 11.6 Å². The number of H-pyrrole nitrogens is 1. The Kier molecular flexibility index (Phi) is 3.95. The van der Waals surface area contributed by atoms with Gasteiger partial charge in [-0.3, -0.25) is 14.9 Å². The summed E-state index contributed by atoms with van der Waals surface area (Å²) in [5.74, 6) is 0.578. The van der Waals surface area contributed by atoms with Gasteiger partial charge in [0.05, 0.1) is 4.92 Å². The fraction of sp³-hybridized carbons (Fsp3) is 0.188. The van der Waals surface area contributed by atoms with Gasteiger partial charge >= 0.3 is 11.2 Å². The van der Waals surface area contributed by atoms with Crippen molar-refractivity contribution in [3.63, 3.8) is 0 Å². The number of nitro groups is 1. The summed E-state index contributed by atoms with van der Waals surface area (Å²) in [4.78, 5) is 26.8. The van der Waals surface area contributed by atoms with E-state index < -0.39 is 16.2 Å². The van der Waals surface area contributed by atoms with Crippen LogP contribution in [0.2, 0.25) is 0 Å². The Bertz CT molecular complexity index is 983. The van der Waals surface area contributed by atoms with Crippen LogP contribution in [0.4, 0.5) is 5.69 Å². The molecule has 0 atom stereocenters. The minimum absolute atomic E-state index is 0.0119. The van der Waals surface area contributed by atoms with Gasteiger partial charge in [0, 0.05) is 0 Å². The summed E-state index contributed by atoms with van der Waals surface area (Å²) in [5.41, 5.74) is 0.702. The molecule has 0 aliphatic rings. The van der Waals surface area contributed by atoms with E-state index in [1.807, 2.05) is 24.3 Å². The largest absolute Gasteiger partial charge is 0.360 e. The van der Waals surface area contributed by atoms with Crippen molar-refractivity contribution in [1.82, 2.24) is 19.6 Å². The average molecular weight is 325 g/mol. The predicted octanol–water partition coefficient (Wildman–Crippen LogP) is 2.62. The zero-order chi connectivity index (χ0) is 17.3. The minimum atomic E-state index is -0.770. The second-order valence-electron chi connectivity index (χ2n) is 5.61. The molecule has 8 heteroatoms. The molecule has 0 fully saturated rings. The summed E-state index contributed by atoms with van der Waals surface area (Å²) in [7, 11) is 0. The van der Waals surface area contributed by atoms with Crippen LogP contribution in [0.15, 0.2) is 35.4 Å². The Labute approximate surface area is 136 Å². The van der Waals surface area contributed by atoms with Crippen molar-refractivity contribution in [1.29, 1.82) is 0 Å². The molecule has 0 aliphatic carbocycles. The van der Waals surface area contributed by atoms with E-state index in [0.29, 0.717) is 5.92 Å². The molecule has 3 rings (SSSR count). The van der Waals surface area contributed by atoms with Gasteiger partial charge in [0.15, 0.2) is 5.69 Å². The Hall–Kier alpha value is -3.29. The van der Waals surface area contributed by atoms with Gasteiger partial charge in [-0.25, -0.2) is 14.5 Å². The molecule has 0 amide bonds. The molecule has 0 saturated heterocycles. The third-order valence-electron chi connectivity index (χ3n) is 3.68. The van der Waals surface area contributed by atoms with Crippen molar-refractivity contribution in [2.24, 2.45) is 0 Å². The second-order valence-corrected chi connectivity index (χ2v) is 5.61. The molecule has 2 aromatic heterocycles. The van der Waals surface area contributed by atoms with Gasteiger partial charge in [0.1, 0.15) is 6.33 Å². The normalized spacial score (nSPS) is 11.6. The Balaban J connectivity index is 2.04. The number of nitrogens with zero attached hydrogens (tertiary/aromatic N) is 4. The van der Waals surface area contributed by atoms with E-state index in [1.54, 1.807) is 6.08 Å². The molecule has 0 unspecified atom stereocenters. The van der Waals surface area contributed by atoms with Gasteiger partial charge in [0.2, 0.25) is 5.78 Å². The molecule has 0 radical (unpaired) electrons. The van der Waals surface area contributed by atoms with Crippen LogP contribution in [0, 0.1) is 10.1 Å². The SMILES string of the molecule is CC(C)c1ccc(/C=C/c2nc3[nH]ncn3c(=O)c2[N+](=O)[O-])cc1. The molecule has 122 valence electrons. The van der Waals surface area contributed by atoms with Gasteiger partial charge < -0.3 is 0 Å². The van der Waals surface area contributed by atoms with Crippen LogP contribution in [0.5, 0.6) is 0 Å². The lowest BCUT2D eigenvalue weighted by atomic mass is 10.0. The summed E-state index contributed by atoms with van der Waals surface area (Å²) in [6.45, 7) is 4.20. The number of hydrogen-bond donors (Lipinski definition) is 1. The summed E-state index contributed by atoms with van der Waals surface area (Å²) >= 11 is 0. The summed E-state index contributed by atoms with van der Waals surface area (Å²) in [6, 6.07) is 7.83. The maximum atomic E-state index is 12.2. The zero-order valence-corrected chi connectivity index (χ0v) is 13.1. The van der Waals surface area contributed by atoms with Gasteiger partial charge in [-0.1, -0.05) is 44.2 Å². The monoisotopic (exact) mass is 325 g/mol. The molecule has 0 bridgehead atoms. The van der Waals surface area contributed by atoms with Crippen LogP contribution in [0.25, 0.3) is 17.9 Å². The highest BCUT2D eigenvalue weighted by Crippen LogP contribution is 2.18. The lowest BCUT2D eigenvalue weighted by Crippen LogP contribution is -2.18. The van der Waals surface area contributed by atoms with Crippen molar-refractivity contribution < 1.29 is 4.92 Å². The first kappa shape index (κ1) is 15.6. The van der Waals surface area contributed by atoms with E-state index in [4.69, 9.17) is 0 Å². The summed E-state index contributed by atoms with van der Waals surface area (Å²) < 4.78 is 1.01. The topological polar surface area (TPSA) is 106 Å². The maximum Gasteiger partial charge on any atom is 0.360 e. The van der Waals surface area contributed by atoms with E-state index in [9.17, 15) is 14.9 Å². The van der Waals surface area contributed by atoms with Gasteiger partial charge in [0.25, 0.3) is 0 Å². The summed E-state index contributed by atoms with van der Waals surface area (Å²) in [6.07, 6.45) is 4.31. The Morgan fingerprint density at radius 2 is 1.96 bits per heavy atom. The number of benzene rings is 1. The second kappa shape index (κ2) is 6.07. The first-order chi connectivity index (χ1) is 11.5. The van der Waals surface area contributed by atoms with Gasteiger partial charge in [-0.2, -0.15) is 5.10 Å². The lowest BCUT2D eigenvalue weighted by molar-refractivity contribution is -0.386. The number of aromatic amines is 1. The predicted molar refractivity (Wildman–Crippen MR) is 89.7 cm³/mol. The van der Waals surface area contributed by atoms with Crippen LogP contribution in [0.1, 0.15) is 36.6 Å². The van der Waals surface area contributed by atoms with Gasteiger partial charge in [-0.15, -0.1) is 0 Å². The van der Waals surface area contributed by atoms with Crippen LogP contribution >= 0.6 is 0 Å². The number of aromatic nitrogens is 4. The molecular formula is C16H15N5O3. The van der Waals surface area contributed by atoms with Gasteiger partial charge in [-0.05, 0) is 23.1 Å². The van der Waals surface area contributed by atoms with E-state index in [-0.39, 0.29) is 11.5 Å². The van der Waals surface area contributed by atoms with Crippen molar-refractivity contribution in [2.75, 3.05) is 0 Å². The highest BCUT2D eigenvalue weighted by atomic mass is 16.6. The molecule has 3 aromatic rings. The molecule has 0 saturated carbocycles. The van der Waals surface area contributed by atoms with Crippen LogP contribution < -0.4 is 5.56 Å². The van der Waals surface area contributed by atoms with E-state index >= 15 is 0 Å². The van der Waals surface area contributed by atoms with E-state index in [2.05, 4.69) is 29.0 Å². The fourth-order valence-electron chi connectivity index (χ4n) is 2.33. The van der Waals surface area contributed by atoms with Crippen molar-refractivity contribution in [3.05, 3.63) is 67.9 Å². The molecule has 1 aromatic carbocycles. The quantitative estimate of drug-likeness (QED) is 0.586. The van der Waals surface area contributed by atoms with Crippen molar-refractivity contribution in [3.8, 4) is 0 Å². The molecule has 1 N–H and O–H groups in total. The molecule has 2 heterocycles. The average Bonchev–Trinajstić information content (AvgIpc) is 3.01. The third kappa shape index (κ3) is 2.81. The molecule has 24 heavy (non-hydrogen) atoms. The minimum Gasteiger partial charge on any atom is -0.261 e.